The fraction of sp³-hybridized carbons (Fsp3) is 0.421. The second-order valence-electron chi connectivity index (χ2n) is 6.22. The second-order valence-corrected chi connectivity index (χ2v) is 7.69. The first-order chi connectivity index (χ1) is 12.7. The van der Waals surface area contributed by atoms with Crippen LogP contribution in [0.2, 0.25) is 5.02 Å². The van der Waals surface area contributed by atoms with Crippen LogP contribution in [-0.4, -0.2) is 45.8 Å². The maximum absolute atomic E-state index is 6.17. The van der Waals surface area contributed by atoms with Gasteiger partial charge in [0.2, 0.25) is 0 Å². The first-order valence-electron chi connectivity index (χ1n) is 8.77. The van der Waals surface area contributed by atoms with Gasteiger partial charge in [0.15, 0.2) is 5.96 Å². The van der Waals surface area contributed by atoms with Gasteiger partial charge in [-0.25, -0.2) is 0 Å². The molecule has 1 aliphatic rings. The zero-order chi connectivity index (χ0) is 18.4. The van der Waals surface area contributed by atoms with Crippen molar-refractivity contribution in [3.63, 3.8) is 0 Å². The molecule has 3 rings (SSSR count). The van der Waals surface area contributed by atoms with E-state index in [0.29, 0.717) is 6.04 Å². The van der Waals surface area contributed by atoms with Crippen molar-refractivity contribution in [2.24, 2.45) is 4.99 Å². The third-order valence-corrected chi connectivity index (χ3v) is 5.65. The van der Waals surface area contributed by atoms with E-state index in [-0.39, 0.29) is 24.0 Å². The number of ether oxygens (including phenoxy) is 1. The molecule has 1 aliphatic heterocycles. The molecule has 2 N–H and O–H groups in total. The molecule has 0 aliphatic carbocycles. The first kappa shape index (κ1) is 22.1. The van der Waals surface area contributed by atoms with E-state index in [9.17, 15) is 0 Å². The van der Waals surface area contributed by atoms with Gasteiger partial charge in [-0.05, 0) is 42.5 Å². The largest absolute Gasteiger partial charge is 0.495 e. The number of rotatable bonds is 6. The predicted molar refractivity (Wildman–Crippen MR) is 127 cm³/mol. The Labute approximate surface area is 187 Å². The first-order valence-corrected chi connectivity index (χ1v) is 10.0. The van der Waals surface area contributed by atoms with Crippen molar-refractivity contribution in [1.29, 1.82) is 0 Å². The number of nitrogens with zero attached hydrogens (tertiary/aromatic N) is 2. The molecule has 1 aromatic carbocycles. The van der Waals surface area contributed by atoms with Gasteiger partial charge in [0.05, 0.1) is 12.8 Å². The van der Waals surface area contributed by atoms with Crippen LogP contribution in [0.25, 0.3) is 0 Å². The van der Waals surface area contributed by atoms with Crippen LogP contribution in [0.5, 0.6) is 5.75 Å². The number of guanidine groups is 1. The fourth-order valence-corrected chi connectivity index (χ4v) is 4.03. The molecule has 0 saturated carbocycles. The Bertz CT molecular complexity index is 741. The number of hydrogen-bond acceptors (Lipinski definition) is 4. The maximum atomic E-state index is 6.17. The van der Waals surface area contributed by atoms with E-state index in [1.54, 1.807) is 18.4 Å². The molecule has 148 valence electrons. The highest BCUT2D eigenvalue weighted by Crippen LogP contribution is 2.33. The summed E-state index contributed by atoms with van der Waals surface area (Å²) in [5, 5.41) is 9.76. The number of aliphatic imine (C=N–C) groups is 1. The molecule has 5 nitrogen and oxygen atoms in total. The standard InChI is InChI=1S/C19H25ClN4OS.HI/c1-21-19(22-9-7-16-4-3-11-26-16)23-15-8-10-24(13-15)17-12-14(20)5-6-18(17)25-2;/h3-6,11-12,15H,7-10,13H2,1-2H3,(H2,21,22,23);1H. The second kappa shape index (κ2) is 11.0. The average molecular weight is 521 g/mol. The SMILES string of the molecule is CN=C(NCCc1cccs1)NC1CCN(c2cc(Cl)ccc2OC)C1.I. The zero-order valence-corrected chi connectivity index (χ0v) is 19.5. The number of methoxy groups -OCH3 is 1. The molecule has 0 spiro atoms. The fourth-order valence-electron chi connectivity index (χ4n) is 3.15. The van der Waals surface area contributed by atoms with Crippen molar-refractivity contribution in [2.75, 3.05) is 38.7 Å². The summed E-state index contributed by atoms with van der Waals surface area (Å²) in [7, 11) is 3.51. The van der Waals surface area contributed by atoms with Crippen LogP contribution < -0.4 is 20.3 Å². The van der Waals surface area contributed by atoms with Gasteiger partial charge in [-0.1, -0.05) is 17.7 Å². The van der Waals surface area contributed by atoms with Crippen LogP contribution in [0.4, 0.5) is 5.69 Å². The van der Waals surface area contributed by atoms with Crippen molar-refractivity contribution in [3.05, 3.63) is 45.6 Å². The van der Waals surface area contributed by atoms with Gasteiger partial charge >= 0.3 is 0 Å². The topological polar surface area (TPSA) is 48.9 Å². The van der Waals surface area contributed by atoms with Crippen LogP contribution in [0, 0.1) is 0 Å². The van der Waals surface area contributed by atoms with E-state index in [4.69, 9.17) is 16.3 Å². The lowest BCUT2D eigenvalue weighted by Gasteiger charge is -2.22. The number of benzene rings is 1. The zero-order valence-electron chi connectivity index (χ0n) is 15.6. The van der Waals surface area contributed by atoms with E-state index in [0.717, 1.165) is 54.9 Å². The molecular weight excluding hydrogens is 495 g/mol. The number of hydrogen-bond donors (Lipinski definition) is 2. The van der Waals surface area contributed by atoms with Crippen molar-refractivity contribution in [1.82, 2.24) is 10.6 Å². The van der Waals surface area contributed by atoms with E-state index in [1.807, 2.05) is 25.2 Å². The van der Waals surface area contributed by atoms with Crippen LogP contribution in [-0.2, 0) is 6.42 Å². The summed E-state index contributed by atoms with van der Waals surface area (Å²) in [6.07, 6.45) is 2.05. The maximum Gasteiger partial charge on any atom is 0.191 e. The molecule has 1 unspecified atom stereocenters. The molecule has 8 heteroatoms. The summed E-state index contributed by atoms with van der Waals surface area (Å²) < 4.78 is 5.48. The van der Waals surface area contributed by atoms with Gasteiger partial charge in [-0.2, -0.15) is 0 Å². The smallest absolute Gasteiger partial charge is 0.191 e. The molecule has 0 radical (unpaired) electrons. The Kier molecular flexibility index (Phi) is 8.98. The number of anilines is 1. The molecule has 2 heterocycles. The van der Waals surface area contributed by atoms with Crippen LogP contribution in [0.1, 0.15) is 11.3 Å². The lowest BCUT2D eigenvalue weighted by atomic mass is 10.2. The summed E-state index contributed by atoms with van der Waals surface area (Å²) in [5.74, 6) is 1.71. The van der Waals surface area contributed by atoms with Gasteiger partial charge < -0.3 is 20.3 Å². The highest BCUT2D eigenvalue weighted by molar-refractivity contribution is 14.0. The van der Waals surface area contributed by atoms with Crippen molar-refractivity contribution < 1.29 is 4.74 Å². The van der Waals surface area contributed by atoms with Gasteiger partial charge in [-0.15, -0.1) is 35.3 Å². The Morgan fingerprint density at radius 1 is 1.41 bits per heavy atom. The minimum Gasteiger partial charge on any atom is -0.495 e. The monoisotopic (exact) mass is 520 g/mol. The van der Waals surface area contributed by atoms with Crippen molar-refractivity contribution in [3.8, 4) is 5.75 Å². The summed E-state index contributed by atoms with van der Waals surface area (Å²) in [4.78, 5) is 8.04. The summed E-state index contributed by atoms with van der Waals surface area (Å²) in [5.41, 5.74) is 1.05. The number of nitrogens with one attached hydrogen (secondary N) is 2. The summed E-state index contributed by atoms with van der Waals surface area (Å²) in [6, 6.07) is 10.3. The summed E-state index contributed by atoms with van der Waals surface area (Å²) >= 11 is 7.96. The normalized spacial score (nSPS) is 16.8. The van der Waals surface area contributed by atoms with Crippen LogP contribution in [0.15, 0.2) is 40.7 Å². The quantitative estimate of drug-likeness (QED) is 0.343. The molecule has 2 aromatic rings. The van der Waals surface area contributed by atoms with Crippen LogP contribution >= 0.6 is 46.9 Å². The molecule has 1 aromatic heterocycles. The van der Waals surface area contributed by atoms with E-state index >= 15 is 0 Å². The average Bonchev–Trinajstić information content (AvgIpc) is 3.32. The van der Waals surface area contributed by atoms with Crippen molar-refractivity contribution in [2.45, 2.75) is 18.9 Å². The Morgan fingerprint density at radius 2 is 2.26 bits per heavy atom. The highest BCUT2D eigenvalue weighted by atomic mass is 127. The molecule has 0 bridgehead atoms. The molecule has 1 saturated heterocycles. The molecular formula is C19H26ClIN4OS. The lowest BCUT2D eigenvalue weighted by molar-refractivity contribution is 0.415. The van der Waals surface area contributed by atoms with Gasteiger partial charge in [0.25, 0.3) is 0 Å². The molecule has 1 fully saturated rings. The van der Waals surface area contributed by atoms with Gasteiger partial charge in [0, 0.05) is 42.6 Å². The molecule has 1 atom stereocenters. The third kappa shape index (κ3) is 6.15. The lowest BCUT2D eigenvalue weighted by Crippen LogP contribution is -2.45. The van der Waals surface area contributed by atoms with E-state index in [2.05, 4.69) is 38.0 Å². The van der Waals surface area contributed by atoms with Crippen LogP contribution in [0.3, 0.4) is 0 Å². The molecule has 27 heavy (non-hydrogen) atoms. The number of thiophene rings is 1. The predicted octanol–water partition coefficient (Wildman–Crippen LogP) is 4.01. The van der Waals surface area contributed by atoms with Gasteiger partial charge in [0.1, 0.15) is 5.75 Å². The van der Waals surface area contributed by atoms with E-state index in [1.165, 1.54) is 4.88 Å². The summed E-state index contributed by atoms with van der Waals surface area (Å²) in [6.45, 7) is 2.72. The van der Waals surface area contributed by atoms with Crippen molar-refractivity contribution >= 4 is 58.6 Å². The third-order valence-electron chi connectivity index (χ3n) is 4.48. The Morgan fingerprint density at radius 3 is 2.96 bits per heavy atom. The molecule has 0 amide bonds. The van der Waals surface area contributed by atoms with E-state index < -0.39 is 0 Å². The Balaban J connectivity index is 0.00000261. The van der Waals surface area contributed by atoms with Gasteiger partial charge in [-0.3, -0.25) is 4.99 Å². The number of halogens is 2. The highest BCUT2D eigenvalue weighted by Gasteiger charge is 2.25. The minimum absolute atomic E-state index is 0. The minimum atomic E-state index is 0. The Hall–Kier alpha value is -1.19.